The maximum absolute atomic E-state index is 11.4. The molecule has 0 amide bonds. The number of aromatic nitrogens is 3. The Hall–Kier alpha value is -3.40. The summed E-state index contributed by atoms with van der Waals surface area (Å²) in [7, 11) is 1.31. The second-order valence-corrected chi connectivity index (χ2v) is 5.85. The minimum Gasteiger partial charge on any atom is -0.471 e. The van der Waals surface area contributed by atoms with Crippen molar-refractivity contribution in [2.24, 2.45) is 5.10 Å². The number of nitrogen functional groups attached to an aromatic ring is 1. The molecular formula is C16H16N6O3S. The van der Waals surface area contributed by atoms with E-state index in [0.29, 0.717) is 16.7 Å². The molecule has 3 rings (SSSR count). The summed E-state index contributed by atoms with van der Waals surface area (Å²) in [6, 6.07) is 8.96. The number of benzene rings is 1. The molecule has 0 fully saturated rings. The third-order valence-corrected chi connectivity index (χ3v) is 3.96. The van der Waals surface area contributed by atoms with E-state index in [1.165, 1.54) is 23.1 Å². The monoisotopic (exact) mass is 372 g/mol. The molecule has 0 atom stereocenters. The number of rotatable bonds is 7. The minimum absolute atomic E-state index is 0.137. The lowest BCUT2D eigenvalue weighted by Crippen LogP contribution is -2.09. The van der Waals surface area contributed by atoms with Crippen LogP contribution in [0.1, 0.15) is 16.1 Å². The van der Waals surface area contributed by atoms with Gasteiger partial charge >= 0.3 is 5.97 Å². The Bertz CT molecular complexity index is 920. The number of hydrogen-bond acceptors (Lipinski definition) is 9. The van der Waals surface area contributed by atoms with Crippen molar-refractivity contribution in [3.05, 3.63) is 53.2 Å². The minimum atomic E-state index is -0.495. The molecule has 0 spiro atoms. The van der Waals surface area contributed by atoms with Crippen molar-refractivity contribution in [1.82, 2.24) is 14.8 Å². The Balaban J connectivity index is 1.63. The van der Waals surface area contributed by atoms with Gasteiger partial charge in [-0.3, -0.25) is 5.43 Å². The molecule has 3 N–H and O–H groups in total. The summed E-state index contributed by atoms with van der Waals surface area (Å²) in [6.45, 7) is 0.137. The van der Waals surface area contributed by atoms with E-state index in [4.69, 9.17) is 10.5 Å². The number of nitrogens with one attached hydrogen (secondary N) is 1. The molecule has 0 saturated carbocycles. The Kier molecular flexibility index (Phi) is 5.44. The first kappa shape index (κ1) is 17.4. The van der Waals surface area contributed by atoms with Crippen LogP contribution in [0.3, 0.4) is 0 Å². The molecule has 10 heteroatoms. The first-order valence-corrected chi connectivity index (χ1v) is 8.37. The lowest BCUT2D eigenvalue weighted by atomic mass is 10.2. The Morgan fingerprint density at radius 3 is 3.04 bits per heavy atom. The zero-order valence-electron chi connectivity index (χ0n) is 13.8. The fourth-order valence-corrected chi connectivity index (χ4v) is 2.54. The van der Waals surface area contributed by atoms with Crippen LogP contribution < -0.4 is 15.9 Å². The summed E-state index contributed by atoms with van der Waals surface area (Å²) in [5.41, 5.74) is 9.36. The number of thiazole rings is 1. The standard InChI is InChI=1S/C16H16N6O3S/c1-24-15(23)12-6-7-22(21-12)10-25-13-5-3-2-4-11(13)8-18-20-16-19-14(17)9-26-16/h2-9H,10,17H2,1H3,(H,19,20). The third kappa shape index (κ3) is 4.36. The van der Waals surface area contributed by atoms with Crippen molar-refractivity contribution in [3.8, 4) is 5.75 Å². The number of nitrogens with two attached hydrogens (primary N) is 1. The molecule has 0 radical (unpaired) electrons. The summed E-state index contributed by atoms with van der Waals surface area (Å²) < 4.78 is 11.9. The zero-order chi connectivity index (χ0) is 18.4. The SMILES string of the molecule is COC(=O)c1ccn(COc2ccccc2C=NNc2nc(N)cs2)n1. The fraction of sp³-hybridized carbons (Fsp3) is 0.125. The second-order valence-electron chi connectivity index (χ2n) is 4.99. The van der Waals surface area contributed by atoms with Gasteiger partial charge in [-0.2, -0.15) is 10.2 Å². The molecule has 134 valence electrons. The molecule has 26 heavy (non-hydrogen) atoms. The summed E-state index contributed by atoms with van der Waals surface area (Å²) >= 11 is 1.36. The number of para-hydroxylation sites is 1. The highest BCUT2D eigenvalue weighted by Crippen LogP contribution is 2.18. The highest BCUT2D eigenvalue weighted by molar-refractivity contribution is 7.14. The predicted octanol–water partition coefficient (Wildman–Crippen LogP) is 2.19. The molecule has 0 bridgehead atoms. The first-order valence-electron chi connectivity index (χ1n) is 7.49. The quantitative estimate of drug-likeness (QED) is 0.371. The lowest BCUT2D eigenvalue weighted by molar-refractivity contribution is 0.0592. The van der Waals surface area contributed by atoms with Crippen molar-refractivity contribution >= 4 is 34.5 Å². The van der Waals surface area contributed by atoms with Crippen molar-refractivity contribution < 1.29 is 14.3 Å². The van der Waals surface area contributed by atoms with Gasteiger partial charge < -0.3 is 15.2 Å². The highest BCUT2D eigenvalue weighted by atomic mass is 32.1. The topological polar surface area (TPSA) is 117 Å². The number of carbonyl (C=O) groups excluding carboxylic acids is 1. The average molecular weight is 372 g/mol. The van der Waals surface area contributed by atoms with E-state index < -0.39 is 5.97 Å². The maximum atomic E-state index is 11.4. The lowest BCUT2D eigenvalue weighted by Gasteiger charge is -2.08. The Morgan fingerprint density at radius 2 is 2.27 bits per heavy atom. The van der Waals surface area contributed by atoms with E-state index >= 15 is 0 Å². The van der Waals surface area contributed by atoms with Crippen LogP contribution in [0.15, 0.2) is 47.0 Å². The van der Waals surface area contributed by atoms with Gasteiger partial charge in [0.15, 0.2) is 12.4 Å². The van der Waals surface area contributed by atoms with Crippen molar-refractivity contribution in [3.63, 3.8) is 0 Å². The normalized spacial score (nSPS) is 10.8. The summed E-state index contributed by atoms with van der Waals surface area (Å²) in [4.78, 5) is 15.5. The van der Waals surface area contributed by atoms with Crippen molar-refractivity contribution in [2.75, 3.05) is 18.3 Å². The van der Waals surface area contributed by atoms with E-state index in [1.54, 1.807) is 23.9 Å². The van der Waals surface area contributed by atoms with Crippen LogP contribution in [0.25, 0.3) is 0 Å². The van der Waals surface area contributed by atoms with E-state index in [9.17, 15) is 4.79 Å². The van der Waals surface area contributed by atoms with Gasteiger partial charge in [-0.1, -0.05) is 12.1 Å². The van der Waals surface area contributed by atoms with E-state index in [0.717, 1.165) is 5.56 Å². The van der Waals surface area contributed by atoms with E-state index in [1.807, 2.05) is 24.3 Å². The zero-order valence-corrected chi connectivity index (χ0v) is 14.6. The second kappa shape index (κ2) is 8.12. The molecule has 0 aliphatic rings. The predicted molar refractivity (Wildman–Crippen MR) is 98.4 cm³/mol. The molecule has 0 aliphatic heterocycles. The van der Waals surface area contributed by atoms with Crippen LogP contribution in [-0.4, -0.2) is 34.1 Å². The van der Waals surface area contributed by atoms with E-state index in [-0.39, 0.29) is 12.4 Å². The van der Waals surface area contributed by atoms with Gasteiger partial charge in [0.1, 0.15) is 11.6 Å². The van der Waals surface area contributed by atoms with Crippen LogP contribution in [0.5, 0.6) is 5.75 Å². The van der Waals surface area contributed by atoms with Gasteiger partial charge in [0.2, 0.25) is 5.13 Å². The number of hydrazone groups is 1. The van der Waals surface area contributed by atoms with Gasteiger partial charge in [-0.15, -0.1) is 11.3 Å². The molecule has 0 unspecified atom stereocenters. The number of esters is 1. The molecule has 1 aromatic carbocycles. The molecule has 9 nitrogen and oxygen atoms in total. The van der Waals surface area contributed by atoms with Gasteiger partial charge in [-0.05, 0) is 18.2 Å². The Morgan fingerprint density at radius 1 is 1.42 bits per heavy atom. The maximum Gasteiger partial charge on any atom is 0.358 e. The van der Waals surface area contributed by atoms with Crippen LogP contribution in [0, 0.1) is 0 Å². The van der Waals surface area contributed by atoms with Crippen molar-refractivity contribution in [2.45, 2.75) is 6.73 Å². The fourth-order valence-electron chi connectivity index (χ4n) is 2.00. The molecule has 2 aromatic heterocycles. The largest absolute Gasteiger partial charge is 0.471 e. The number of methoxy groups -OCH3 is 1. The average Bonchev–Trinajstić information content (AvgIpc) is 3.29. The highest BCUT2D eigenvalue weighted by Gasteiger charge is 2.09. The third-order valence-electron chi connectivity index (χ3n) is 3.19. The van der Waals surface area contributed by atoms with Gasteiger partial charge in [0, 0.05) is 17.1 Å². The molecule has 2 heterocycles. The van der Waals surface area contributed by atoms with Crippen LogP contribution in [0.2, 0.25) is 0 Å². The molecule has 0 saturated heterocycles. The van der Waals surface area contributed by atoms with Gasteiger partial charge in [-0.25, -0.2) is 14.5 Å². The number of carbonyl (C=O) groups is 1. The van der Waals surface area contributed by atoms with Crippen LogP contribution in [0.4, 0.5) is 10.9 Å². The van der Waals surface area contributed by atoms with Gasteiger partial charge in [0.25, 0.3) is 0 Å². The number of hydrogen-bond donors (Lipinski definition) is 2. The van der Waals surface area contributed by atoms with Crippen molar-refractivity contribution in [1.29, 1.82) is 0 Å². The van der Waals surface area contributed by atoms with E-state index in [2.05, 4.69) is 25.3 Å². The van der Waals surface area contributed by atoms with Gasteiger partial charge in [0.05, 0.1) is 13.3 Å². The van der Waals surface area contributed by atoms with Crippen LogP contribution >= 0.6 is 11.3 Å². The summed E-state index contributed by atoms with van der Waals surface area (Å²) in [5.74, 6) is 0.569. The number of anilines is 2. The first-order chi connectivity index (χ1) is 12.7. The number of ether oxygens (including phenoxy) is 2. The Labute approximate surface area is 153 Å². The summed E-state index contributed by atoms with van der Waals surface area (Å²) in [5, 5.41) is 10.5. The molecule has 0 aliphatic carbocycles. The van der Waals surface area contributed by atoms with Crippen LogP contribution in [-0.2, 0) is 11.5 Å². The molecule has 3 aromatic rings. The smallest absolute Gasteiger partial charge is 0.358 e. The number of nitrogens with zero attached hydrogens (tertiary/aromatic N) is 4. The molecular weight excluding hydrogens is 356 g/mol. The summed E-state index contributed by atoms with van der Waals surface area (Å²) in [6.07, 6.45) is 3.26.